The highest BCUT2D eigenvalue weighted by Crippen LogP contribution is 2.22. The third kappa shape index (κ3) is 4.57. The lowest BCUT2D eigenvalue weighted by molar-refractivity contribution is -0.143. The van der Waals surface area contributed by atoms with E-state index in [4.69, 9.17) is 11.6 Å². The van der Waals surface area contributed by atoms with Crippen LogP contribution in [0.2, 0.25) is 4.47 Å². The van der Waals surface area contributed by atoms with Gasteiger partial charge in [0, 0.05) is 13.1 Å². The highest BCUT2D eigenvalue weighted by Gasteiger charge is 2.34. The second-order valence-electron chi connectivity index (χ2n) is 4.58. The third-order valence-electron chi connectivity index (χ3n) is 2.92. The smallest absolute Gasteiger partial charge is 0.350 e. The average Bonchev–Trinajstić information content (AvgIpc) is 2.93. The molecule has 1 unspecified atom stereocenters. The van der Waals surface area contributed by atoms with E-state index in [-0.39, 0.29) is 15.4 Å². The number of nitrogens with one attached hydrogen (secondary N) is 1. The van der Waals surface area contributed by atoms with Crippen molar-refractivity contribution in [3.63, 3.8) is 0 Å². The van der Waals surface area contributed by atoms with Gasteiger partial charge in [-0.1, -0.05) is 11.3 Å². The van der Waals surface area contributed by atoms with E-state index >= 15 is 0 Å². The molecule has 0 aliphatic carbocycles. The van der Waals surface area contributed by atoms with E-state index in [9.17, 15) is 18.0 Å². The monoisotopic (exact) mass is 328 g/mol. The van der Waals surface area contributed by atoms with Gasteiger partial charge in [-0.25, -0.2) is 0 Å². The summed E-state index contributed by atoms with van der Waals surface area (Å²) in [6, 6.07) is 0. The predicted octanol–water partition coefficient (Wildman–Crippen LogP) is 1.81. The first-order chi connectivity index (χ1) is 9.33. The molecule has 10 heteroatoms. The van der Waals surface area contributed by atoms with Crippen molar-refractivity contribution in [3.8, 4) is 0 Å². The number of likely N-dealkylation sites (tertiary alicyclic amines) is 1. The zero-order valence-electron chi connectivity index (χ0n) is 10.3. The normalized spacial score (nSPS) is 20.3. The summed E-state index contributed by atoms with van der Waals surface area (Å²) < 4.78 is 36.9. The van der Waals surface area contributed by atoms with Crippen LogP contribution < -0.4 is 5.32 Å². The molecule has 1 saturated heterocycles. The van der Waals surface area contributed by atoms with Crippen LogP contribution in [0.15, 0.2) is 0 Å². The number of nitrogens with zero attached hydrogens (tertiary/aromatic N) is 3. The molecule has 0 spiro atoms. The second-order valence-corrected chi connectivity index (χ2v) is 6.13. The molecule has 1 fully saturated rings. The maximum Gasteiger partial charge on any atom is 0.401 e. The maximum absolute atomic E-state index is 12.2. The highest BCUT2D eigenvalue weighted by molar-refractivity contribution is 7.17. The van der Waals surface area contributed by atoms with Crippen molar-refractivity contribution in [2.45, 2.75) is 12.6 Å². The zero-order chi connectivity index (χ0) is 14.8. The largest absolute Gasteiger partial charge is 0.401 e. The molecule has 1 atom stereocenters. The lowest BCUT2D eigenvalue weighted by Gasteiger charge is -2.17. The maximum atomic E-state index is 12.2. The fourth-order valence-corrected chi connectivity index (χ4v) is 2.83. The van der Waals surface area contributed by atoms with Gasteiger partial charge in [-0.15, -0.1) is 10.2 Å². The van der Waals surface area contributed by atoms with E-state index in [0.29, 0.717) is 26.1 Å². The van der Waals surface area contributed by atoms with Crippen LogP contribution >= 0.6 is 22.9 Å². The van der Waals surface area contributed by atoms with Crippen molar-refractivity contribution in [1.29, 1.82) is 0 Å². The number of carbonyl (C=O) groups excluding carboxylic acids is 1. The number of aromatic nitrogens is 2. The van der Waals surface area contributed by atoms with E-state index in [1.165, 1.54) is 4.90 Å². The minimum Gasteiger partial charge on any atom is -0.350 e. The molecular formula is C10H12ClF3N4OS. The minimum atomic E-state index is -4.18. The molecule has 1 N–H and O–H groups in total. The molecule has 0 saturated carbocycles. The van der Waals surface area contributed by atoms with Gasteiger partial charge in [0.15, 0.2) is 0 Å². The van der Waals surface area contributed by atoms with Gasteiger partial charge in [0.2, 0.25) is 9.47 Å². The Bertz CT molecular complexity index is 481. The van der Waals surface area contributed by atoms with Crippen molar-refractivity contribution < 1.29 is 18.0 Å². The molecule has 2 heterocycles. The summed E-state index contributed by atoms with van der Waals surface area (Å²) in [5.74, 6) is -0.381. The summed E-state index contributed by atoms with van der Waals surface area (Å²) in [7, 11) is 0. The molecule has 0 aromatic carbocycles. The number of amides is 1. The lowest BCUT2D eigenvalue weighted by atomic mass is 10.1. The summed E-state index contributed by atoms with van der Waals surface area (Å²) >= 11 is 6.52. The zero-order valence-corrected chi connectivity index (χ0v) is 11.9. The van der Waals surface area contributed by atoms with Crippen molar-refractivity contribution in [3.05, 3.63) is 9.47 Å². The molecule has 1 aromatic heterocycles. The first kappa shape index (κ1) is 15.5. The Kier molecular flexibility index (Phi) is 4.82. The van der Waals surface area contributed by atoms with Crippen molar-refractivity contribution in [2.24, 2.45) is 5.92 Å². The Hall–Kier alpha value is -0.930. The third-order valence-corrected chi connectivity index (χ3v) is 3.94. The van der Waals surface area contributed by atoms with Crippen LogP contribution in [0.25, 0.3) is 0 Å². The van der Waals surface area contributed by atoms with Crippen LogP contribution in [-0.2, 0) is 0 Å². The van der Waals surface area contributed by atoms with Crippen LogP contribution in [0, 0.1) is 5.92 Å². The predicted molar refractivity (Wildman–Crippen MR) is 67.9 cm³/mol. The highest BCUT2D eigenvalue weighted by atomic mass is 35.5. The van der Waals surface area contributed by atoms with E-state index in [2.05, 4.69) is 15.5 Å². The summed E-state index contributed by atoms with van der Waals surface area (Å²) in [4.78, 5) is 13.0. The van der Waals surface area contributed by atoms with E-state index < -0.39 is 18.6 Å². The van der Waals surface area contributed by atoms with E-state index in [1.807, 2.05) is 0 Å². The molecule has 2 rings (SSSR count). The molecule has 0 radical (unpaired) electrons. The van der Waals surface area contributed by atoms with Gasteiger partial charge in [-0.2, -0.15) is 13.2 Å². The lowest BCUT2D eigenvalue weighted by Crippen LogP contribution is -2.34. The molecule has 1 amide bonds. The molecule has 20 heavy (non-hydrogen) atoms. The fraction of sp³-hybridized carbons (Fsp3) is 0.700. The van der Waals surface area contributed by atoms with Crippen LogP contribution in [0.4, 0.5) is 13.2 Å². The molecule has 1 aliphatic heterocycles. The van der Waals surface area contributed by atoms with Crippen molar-refractivity contribution in [1.82, 2.24) is 20.4 Å². The first-order valence-electron chi connectivity index (χ1n) is 5.90. The minimum absolute atomic E-state index is 0.0182. The molecule has 5 nitrogen and oxygen atoms in total. The molecule has 1 aliphatic rings. The number of carbonyl (C=O) groups is 1. The summed E-state index contributed by atoms with van der Waals surface area (Å²) in [6.45, 7) is 0.148. The number of hydrogen-bond donors (Lipinski definition) is 1. The number of hydrogen-bond acceptors (Lipinski definition) is 5. The topological polar surface area (TPSA) is 58.1 Å². The summed E-state index contributed by atoms with van der Waals surface area (Å²) in [5, 5.41) is 9.89. The Morgan fingerprint density at radius 2 is 2.25 bits per heavy atom. The summed E-state index contributed by atoms with van der Waals surface area (Å²) in [5.41, 5.74) is 0. The van der Waals surface area contributed by atoms with Gasteiger partial charge >= 0.3 is 6.18 Å². The van der Waals surface area contributed by atoms with Gasteiger partial charge in [-0.05, 0) is 30.5 Å². The molecule has 1 aromatic rings. The van der Waals surface area contributed by atoms with Gasteiger partial charge in [0.05, 0.1) is 6.54 Å². The Balaban J connectivity index is 1.74. The van der Waals surface area contributed by atoms with Crippen molar-refractivity contribution >= 4 is 28.8 Å². The fourth-order valence-electron chi connectivity index (χ4n) is 2.09. The molecule has 0 bridgehead atoms. The van der Waals surface area contributed by atoms with Crippen LogP contribution in [0.5, 0.6) is 0 Å². The summed E-state index contributed by atoms with van der Waals surface area (Å²) in [6.07, 6.45) is -3.55. The number of rotatable bonds is 4. The van der Waals surface area contributed by atoms with Gasteiger partial charge < -0.3 is 5.32 Å². The van der Waals surface area contributed by atoms with E-state index in [1.54, 1.807) is 0 Å². The van der Waals surface area contributed by atoms with E-state index in [0.717, 1.165) is 11.3 Å². The Labute approximate surface area is 122 Å². The van der Waals surface area contributed by atoms with Gasteiger partial charge in [0.1, 0.15) is 0 Å². The van der Waals surface area contributed by atoms with Gasteiger partial charge in [0.25, 0.3) is 5.91 Å². The quantitative estimate of drug-likeness (QED) is 0.915. The van der Waals surface area contributed by atoms with Gasteiger partial charge in [-0.3, -0.25) is 9.69 Å². The second kappa shape index (κ2) is 6.23. The SMILES string of the molecule is O=C(NCC1CCN(CC(F)(F)F)C1)c1nnc(Cl)s1. The van der Waals surface area contributed by atoms with Crippen molar-refractivity contribution in [2.75, 3.05) is 26.2 Å². The molecular weight excluding hydrogens is 317 g/mol. The first-order valence-corrected chi connectivity index (χ1v) is 7.09. The van der Waals surface area contributed by atoms with Crippen LogP contribution in [-0.4, -0.2) is 53.4 Å². The van der Waals surface area contributed by atoms with Crippen LogP contribution in [0.1, 0.15) is 16.2 Å². The van der Waals surface area contributed by atoms with Crippen LogP contribution in [0.3, 0.4) is 0 Å². The average molecular weight is 329 g/mol. The Morgan fingerprint density at radius 3 is 2.85 bits per heavy atom. The molecule has 112 valence electrons. The number of halogens is 4. The standard InChI is InChI=1S/C10H12ClF3N4OS/c11-9-17-16-8(20-9)7(19)15-3-6-1-2-18(4-6)5-10(12,13)14/h6H,1-5H2,(H,15,19). The number of alkyl halides is 3. The Morgan fingerprint density at radius 1 is 1.50 bits per heavy atom.